The van der Waals surface area contributed by atoms with Crippen LogP contribution in [-0.2, 0) is 27.8 Å². The highest BCUT2D eigenvalue weighted by atomic mass is 32.2. The molecule has 1 aromatic heterocycles. The van der Waals surface area contributed by atoms with E-state index in [-0.39, 0.29) is 36.9 Å². The zero-order valence-electron chi connectivity index (χ0n) is 21.2. The van der Waals surface area contributed by atoms with Crippen molar-refractivity contribution in [3.05, 3.63) is 76.7 Å². The summed E-state index contributed by atoms with van der Waals surface area (Å²) >= 11 is 1.35. The van der Waals surface area contributed by atoms with Gasteiger partial charge in [0.2, 0.25) is 10.0 Å². The second-order valence-corrected chi connectivity index (χ2v) is 11.5. The van der Waals surface area contributed by atoms with E-state index < -0.39 is 21.8 Å². The molecule has 0 fully saturated rings. The van der Waals surface area contributed by atoms with Gasteiger partial charge in [-0.2, -0.15) is 4.31 Å². The Morgan fingerprint density at radius 1 is 1.19 bits per heavy atom. The highest BCUT2D eigenvalue weighted by Gasteiger charge is 2.35. The minimum atomic E-state index is -3.88. The van der Waals surface area contributed by atoms with Crippen LogP contribution in [0.4, 0.5) is 4.79 Å². The van der Waals surface area contributed by atoms with E-state index in [1.54, 1.807) is 23.8 Å². The normalized spacial score (nSPS) is 14.1. The fraction of sp³-hybridized carbons (Fsp3) is 0.385. The van der Waals surface area contributed by atoms with Crippen LogP contribution in [0, 0.1) is 0 Å². The van der Waals surface area contributed by atoms with E-state index in [2.05, 4.69) is 10.3 Å². The van der Waals surface area contributed by atoms with Crippen LogP contribution in [0.1, 0.15) is 37.1 Å². The predicted molar refractivity (Wildman–Crippen MR) is 142 cm³/mol. The number of nitrogens with zero attached hydrogens (tertiary/aromatic N) is 2. The largest absolute Gasteiger partial charge is 0.497 e. The Bertz CT molecular complexity index is 1220. The molecular weight excluding hydrogens is 514 g/mol. The highest BCUT2D eigenvalue weighted by molar-refractivity contribution is 7.89. The molecule has 2 N–H and O–H groups in total. The maximum absolute atomic E-state index is 13.6. The van der Waals surface area contributed by atoms with E-state index in [0.717, 1.165) is 10.4 Å². The van der Waals surface area contributed by atoms with Gasteiger partial charge in [0, 0.05) is 31.6 Å². The van der Waals surface area contributed by atoms with Gasteiger partial charge < -0.3 is 14.6 Å². The van der Waals surface area contributed by atoms with Crippen LogP contribution in [0.3, 0.4) is 0 Å². The van der Waals surface area contributed by atoms with Crippen LogP contribution < -0.4 is 10.1 Å². The smallest absolute Gasteiger partial charge is 0.409 e. The minimum Gasteiger partial charge on any atom is -0.497 e. The summed E-state index contributed by atoms with van der Waals surface area (Å²) in [5.41, 5.74) is 0.656. The molecule has 1 heterocycles. The number of amides is 1. The second-order valence-electron chi connectivity index (χ2n) is 8.66. The first kappa shape index (κ1) is 28.6. The molecule has 0 aliphatic rings. The number of rotatable bonds is 13. The summed E-state index contributed by atoms with van der Waals surface area (Å²) in [4.78, 5) is 17.4. The van der Waals surface area contributed by atoms with Gasteiger partial charge >= 0.3 is 6.09 Å². The second kappa shape index (κ2) is 13.0. The summed E-state index contributed by atoms with van der Waals surface area (Å²) in [5.74, 6) is 0.548. The highest BCUT2D eigenvalue weighted by Crippen LogP contribution is 2.25. The first-order chi connectivity index (χ1) is 17.7. The number of ether oxygens (including phenoxy) is 2. The molecule has 1 amide bonds. The molecule has 2 aromatic carbocycles. The number of alkyl carbamates (subject to hydrolysis) is 1. The van der Waals surface area contributed by atoms with Crippen LogP contribution >= 0.6 is 11.3 Å². The first-order valence-corrected chi connectivity index (χ1v) is 14.2. The summed E-state index contributed by atoms with van der Waals surface area (Å²) in [7, 11) is -2.37. The van der Waals surface area contributed by atoms with Crippen molar-refractivity contribution in [2.45, 2.75) is 56.4 Å². The Morgan fingerprint density at radius 2 is 1.89 bits per heavy atom. The molecule has 11 heteroatoms. The zero-order chi connectivity index (χ0) is 26.9. The summed E-state index contributed by atoms with van der Waals surface area (Å²) in [6.45, 7) is 3.70. The zero-order valence-corrected chi connectivity index (χ0v) is 22.8. The number of thiazole rings is 1. The van der Waals surface area contributed by atoms with Gasteiger partial charge in [-0.05, 0) is 43.2 Å². The van der Waals surface area contributed by atoms with Crippen molar-refractivity contribution in [2.24, 2.45) is 0 Å². The fourth-order valence-corrected chi connectivity index (χ4v) is 5.98. The van der Waals surface area contributed by atoms with E-state index in [1.165, 1.54) is 34.9 Å². The lowest BCUT2D eigenvalue weighted by atomic mass is 9.99. The van der Waals surface area contributed by atoms with Gasteiger partial charge in [0.25, 0.3) is 0 Å². The van der Waals surface area contributed by atoms with Gasteiger partial charge in [0.15, 0.2) is 0 Å². The van der Waals surface area contributed by atoms with E-state index >= 15 is 0 Å². The monoisotopic (exact) mass is 547 g/mol. The molecule has 0 aliphatic heterocycles. The lowest BCUT2D eigenvalue weighted by Crippen LogP contribution is -2.53. The fourth-order valence-electron chi connectivity index (χ4n) is 3.76. The van der Waals surface area contributed by atoms with Gasteiger partial charge in [0.1, 0.15) is 18.1 Å². The SMILES string of the molecule is CCC(C)N(CCC(O)(Cc1ccccc1)NC(=O)OCc1cncs1)S(=O)(=O)c1ccc(OC)cc1. The van der Waals surface area contributed by atoms with Gasteiger partial charge in [-0.15, -0.1) is 11.3 Å². The number of hydrogen-bond acceptors (Lipinski definition) is 8. The average molecular weight is 548 g/mol. The van der Waals surface area contributed by atoms with Crippen molar-refractivity contribution in [1.29, 1.82) is 0 Å². The summed E-state index contributed by atoms with van der Waals surface area (Å²) in [6.07, 6.45) is 1.37. The number of hydrogen-bond donors (Lipinski definition) is 2. The molecule has 2 unspecified atom stereocenters. The van der Waals surface area contributed by atoms with Crippen LogP contribution in [-0.4, -0.2) is 54.3 Å². The molecule has 0 saturated heterocycles. The summed E-state index contributed by atoms with van der Waals surface area (Å²) in [6, 6.07) is 15.0. The van der Waals surface area contributed by atoms with Crippen LogP contribution in [0.2, 0.25) is 0 Å². The number of carbonyl (C=O) groups is 1. The van der Waals surface area contributed by atoms with E-state index in [1.807, 2.05) is 44.2 Å². The van der Waals surface area contributed by atoms with Crippen LogP contribution in [0.25, 0.3) is 0 Å². The lowest BCUT2D eigenvalue weighted by Gasteiger charge is -2.34. The molecule has 9 nitrogen and oxygen atoms in total. The number of benzene rings is 2. The Morgan fingerprint density at radius 3 is 2.49 bits per heavy atom. The third-order valence-corrected chi connectivity index (χ3v) is 8.78. The number of carbonyl (C=O) groups excluding carboxylic acids is 1. The first-order valence-electron chi connectivity index (χ1n) is 11.9. The standard InChI is InChI=1S/C26H33N3O6S2/c1-4-20(2)29(37(32,33)24-12-10-22(34-3)11-13-24)15-14-26(31,16-21-8-6-5-7-9-21)28-25(30)35-18-23-17-27-19-36-23/h5-13,17,19-20,31H,4,14-16,18H2,1-3H3,(H,28,30). The average Bonchev–Trinajstić information content (AvgIpc) is 3.41. The number of aromatic nitrogens is 1. The van der Waals surface area contributed by atoms with E-state index in [4.69, 9.17) is 9.47 Å². The van der Waals surface area contributed by atoms with Crippen molar-refractivity contribution in [3.63, 3.8) is 0 Å². The summed E-state index contributed by atoms with van der Waals surface area (Å²) < 4.78 is 38.9. The molecule has 2 atom stereocenters. The molecule has 37 heavy (non-hydrogen) atoms. The Labute approximate surface area is 222 Å². The quantitative estimate of drug-likeness (QED) is 0.308. The lowest BCUT2D eigenvalue weighted by molar-refractivity contribution is -0.00846. The number of nitrogens with one attached hydrogen (secondary N) is 1. The van der Waals surface area contributed by atoms with Gasteiger partial charge in [-0.3, -0.25) is 10.3 Å². The van der Waals surface area contributed by atoms with Crippen molar-refractivity contribution in [2.75, 3.05) is 13.7 Å². The van der Waals surface area contributed by atoms with Crippen LogP contribution in [0.15, 0.2) is 71.2 Å². The maximum atomic E-state index is 13.6. The molecular formula is C26H33N3O6S2. The maximum Gasteiger partial charge on any atom is 0.409 e. The van der Waals surface area contributed by atoms with Gasteiger partial charge in [-0.25, -0.2) is 13.2 Å². The Balaban J connectivity index is 1.80. The molecule has 0 radical (unpaired) electrons. The van der Waals surface area contributed by atoms with Crippen molar-refractivity contribution in [1.82, 2.24) is 14.6 Å². The third-order valence-electron chi connectivity index (χ3n) is 6.00. The van der Waals surface area contributed by atoms with Crippen molar-refractivity contribution >= 4 is 27.5 Å². The van der Waals surface area contributed by atoms with E-state index in [0.29, 0.717) is 12.2 Å². The van der Waals surface area contributed by atoms with Crippen molar-refractivity contribution < 1.29 is 27.8 Å². The van der Waals surface area contributed by atoms with E-state index in [9.17, 15) is 18.3 Å². The molecule has 0 saturated carbocycles. The van der Waals surface area contributed by atoms with Gasteiger partial charge in [0.05, 0.1) is 22.4 Å². The van der Waals surface area contributed by atoms with Crippen LogP contribution in [0.5, 0.6) is 5.75 Å². The topological polar surface area (TPSA) is 118 Å². The Kier molecular flexibility index (Phi) is 10.0. The molecule has 3 rings (SSSR count). The molecule has 200 valence electrons. The summed E-state index contributed by atoms with van der Waals surface area (Å²) in [5, 5.41) is 14.1. The molecule has 3 aromatic rings. The minimum absolute atomic E-state index is 0.0166. The molecule has 0 aliphatic carbocycles. The number of methoxy groups -OCH3 is 1. The number of sulfonamides is 1. The van der Waals surface area contributed by atoms with Gasteiger partial charge in [-0.1, -0.05) is 37.3 Å². The Hall–Kier alpha value is -2.99. The molecule has 0 spiro atoms. The predicted octanol–water partition coefficient (Wildman–Crippen LogP) is 4.19. The third kappa shape index (κ3) is 8.00. The number of aliphatic hydroxyl groups is 1. The molecule has 0 bridgehead atoms. The van der Waals surface area contributed by atoms with Crippen molar-refractivity contribution in [3.8, 4) is 5.75 Å².